The van der Waals surface area contributed by atoms with Gasteiger partial charge in [0.2, 0.25) is 5.43 Å². The van der Waals surface area contributed by atoms with Gasteiger partial charge in [0.1, 0.15) is 23.7 Å². The molecule has 1 N–H and O–H groups in total. The molecule has 4 aromatic heterocycles. The van der Waals surface area contributed by atoms with Crippen molar-refractivity contribution in [1.29, 1.82) is 0 Å². The van der Waals surface area contributed by atoms with Crippen LogP contribution >= 0.6 is 0 Å². The number of amides is 1. The number of hydrogen-bond acceptors (Lipinski definition) is 7. The highest BCUT2D eigenvalue weighted by Crippen LogP contribution is 2.41. The summed E-state index contributed by atoms with van der Waals surface area (Å²) >= 11 is 0. The Balaban J connectivity index is 1.21. The van der Waals surface area contributed by atoms with Gasteiger partial charge in [-0.1, -0.05) is 20.8 Å². The number of nitrogens with zero attached hydrogens (tertiary/aromatic N) is 8. The Morgan fingerprint density at radius 2 is 1.90 bits per heavy atom. The van der Waals surface area contributed by atoms with Crippen molar-refractivity contribution in [2.75, 3.05) is 6.54 Å². The van der Waals surface area contributed by atoms with E-state index in [-0.39, 0.29) is 35.2 Å². The van der Waals surface area contributed by atoms with Gasteiger partial charge in [0.05, 0.1) is 36.2 Å². The van der Waals surface area contributed by atoms with Crippen molar-refractivity contribution in [3.8, 4) is 22.6 Å². The number of aromatic nitrogens is 7. The van der Waals surface area contributed by atoms with E-state index in [1.54, 1.807) is 40.3 Å². The third-order valence-corrected chi connectivity index (χ3v) is 7.36. The largest absolute Gasteiger partial charge is 0.487 e. The minimum atomic E-state index is -0.910. The molecule has 41 heavy (non-hydrogen) atoms. The van der Waals surface area contributed by atoms with Gasteiger partial charge in [-0.05, 0) is 29.7 Å². The minimum absolute atomic E-state index is 0.00895. The molecule has 1 amide bonds. The maximum absolute atomic E-state index is 12.4. The lowest BCUT2D eigenvalue weighted by atomic mass is 9.76. The average Bonchev–Trinajstić information content (AvgIpc) is 3.55. The van der Waals surface area contributed by atoms with Crippen LogP contribution < -0.4 is 10.2 Å². The highest BCUT2D eigenvalue weighted by molar-refractivity contribution is 5.84. The summed E-state index contributed by atoms with van der Waals surface area (Å²) in [5, 5.41) is 23.6. The Kier molecular flexibility index (Phi) is 6.32. The quantitative estimate of drug-likeness (QED) is 0.334. The van der Waals surface area contributed by atoms with Crippen molar-refractivity contribution in [3.63, 3.8) is 0 Å². The predicted molar refractivity (Wildman–Crippen MR) is 151 cm³/mol. The minimum Gasteiger partial charge on any atom is -0.487 e. The molecule has 1 aliphatic rings. The number of carbonyl (C=O) groups is 1. The van der Waals surface area contributed by atoms with Gasteiger partial charge in [0.25, 0.3) is 0 Å². The standard InChI is InChI=1S/C29H30N8O4/c1-29(2,3)27-25(16-35(27)28(39)40)37-14-20(12-32-37)19-9-18-10-22(5-6-23(18)30-11-19)41-17-24-26(38)7-8-36(33-24)21-13-31-34(4)15-21/h5-15,25,27H,16-17H2,1-4H3,(H,39,40). The number of carboxylic acid groups (broad SMARTS) is 1. The van der Waals surface area contributed by atoms with Gasteiger partial charge in [-0.2, -0.15) is 15.3 Å². The summed E-state index contributed by atoms with van der Waals surface area (Å²) in [6.45, 7) is 6.54. The van der Waals surface area contributed by atoms with Crippen LogP contribution in [-0.4, -0.2) is 63.0 Å². The van der Waals surface area contributed by atoms with Crippen molar-refractivity contribution in [2.24, 2.45) is 12.5 Å². The van der Waals surface area contributed by atoms with Crippen molar-refractivity contribution in [1.82, 2.24) is 39.2 Å². The van der Waals surface area contributed by atoms with Crippen LogP contribution in [0.25, 0.3) is 27.7 Å². The van der Waals surface area contributed by atoms with Crippen LogP contribution in [0.5, 0.6) is 5.75 Å². The van der Waals surface area contributed by atoms with Gasteiger partial charge in [0.15, 0.2) is 0 Å². The second-order valence-electron chi connectivity index (χ2n) is 11.3. The second kappa shape index (κ2) is 9.88. The molecule has 2 unspecified atom stereocenters. The second-order valence-corrected chi connectivity index (χ2v) is 11.3. The van der Waals surface area contributed by atoms with Crippen LogP contribution in [0.4, 0.5) is 4.79 Å². The van der Waals surface area contributed by atoms with E-state index in [1.807, 2.05) is 63.0 Å². The molecule has 6 rings (SSSR count). The first-order chi connectivity index (χ1) is 19.6. The van der Waals surface area contributed by atoms with Crippen LogP contribution in [0.3, 0.4) is 0 Å². The van der Waals surface area contributed by atoms with Gasteiger partial charge >= 0.3 is 6.09 Å². The third-order valence-electron chi connectivity index (χ3n) is 7.36. The van der Waals surface area contributed by atoms with E-state index in [0.29, 0.717) is 12.3 Å². The molecule has 0 radical (unpaired) electrons. The van der Waals surface area contributed by atoms with Crippen molar-refractivity contribution in [3.05, 3.63) is 83.4 Å². The van der Waals surface area contributed by atoms with Gasteiger partial charge in [0, 0.05) is 54.8 Å². The molecule has 1 saturated heterocycles. The lowest BCUT2D eigenvalue weighted by Crippen LogP contribution is -2.63. The summed E-state index contributed by atoms with van der Waals surface area (Å²) in [4.78, 5) is 30.2. The van der Waals surface area contributed by atoms with E-state index in [0.717, 1.165) is 27.7 Å². The number of likely N-dealkylation sites (tertiary alicyclic amines) is 1. The molecule has 2 atom stereocenters. The summed E-state index contributed by atoms with van der Waals surface area (Å²) in [6, 6.07) is 8.82. The lowest BCUT2D eigenvalue weighted by molar-refractivity contribution is -0.0319. The summed E-state index contributed by atoms with van der Waals surface area (Å²) in [5.41, 5.74) is 3.15. The lowest BCUT2D eigenvalue weighted by Gasteiger charge is -2.52. The molecule has 0 spiro atoms. The fourth-order valence-electron chi connectivity index (χ4n) is 5.35. The fourth-order valence-corrected chi connectivity index (χ4v) is 5.35. The zero-order valence-corrected chi connectivity index (χ0v) is 23.2. The van der Waals surface area contributed by atoms with E-state index >= 15 is 0 Å². The average molecular weight is 555 g/mol. The van der Waals surface area contributed by atoms with E-state index in [1.165, 1.54) is 11.0 Å². The van der Waals surface area contributed by atoms with Gasteiger partial charge in [-0.15, -0.1) is 0 Å². The normalized spacial score (nSPS) is 17.0. The van der Waals surface area contributed by atoms with E-state index in [9.17, 15) is 14.7 Å². The van der Waals surface area contributed by atoms with Crippen molar-refractivity contribution < 1.29 is 14.6 Å². The number of fused-ring (bicyclic) bond motifs is 1. The highest BCUT2D eigenvalue weighted by Gasteiger charge is 2.49. The highest BCUT2D eigenvalue weighted by atomic mass is 16.5. The first-order valence-electron chi connectivity index (χ1n) is 13.2. The monoisotopic (exact) mass is 554 g/mol. The number of hydrogen-bond donors (Lipinski definition) is 1. The number of aryl methyl sites for hydroxylation is 1. The van der Waals surface area contributed by atoms with Crippen LogP contribution in [0, 0.1) is 5.41 Å². The molecular weight excluding hydrogens is 524 g/mol. The van der Waals surface area contributed by atoms with Crippen LogP contribution in [0.15, 0.2) is 72.3 Å². The van der Waals surface area contributed by atoms with Crippen LogP contribution in [0.1, 0.15) is 32.5 Å². The van der Waals surface area contributed by atoms with Crippen molar-refractivity contribution >= 4 is 17.0 Å². The van der Waals surface area contributed by atoms with Crippen LogP contribution in [-0.2, 0) is 13.7 Å². The molecule has 5 heterocycles. The molecule has 0 saturated carbocycles. The van der Waals surface area contributed by atoms with Gasteiger partial charge < -0.3 is 14.7 Å². The molecule has 1 aliphatic heterocycles. The maximum atomic E-state index is 12.4. The first-order valence-corrected chi connectivity index (χ1v) is 13.2. The topological polar surface area (TPSA) is 133 Å². The van der Waals surface area contributed by atoms with Gasteiger partial charge in [-0.25, -0.2) is 9.48 Å². The first kappa shape index (κ1) is 26.2. The number of benzene rings is 1. The Bertz CT molecular complexity index is 1820. The van der Waals surface area contributed by atoms with Gasteiger partial charge in [-0.3, -0.25) is 19.1 Å². The third kappa shape index (κ3) is 5.04. The molecule has 0 aliphatic carbocycles. The number of rotatable bonds is 6. The van der Waals surface area contributed by atoms with Crippen LogP contribution in [0.2, 0.25) is 0 Å². The molecule has 5 aromatic rings. The predicted octanol–water partition coefficient (Wildman–Crippen LogP) is 3.91. The van der Waals surface area contributed by atoms with E-state index in [2.05, 4.69) is 20.3 Å². The van der Waals surface area contributed by atoms with E-state index < -0.39 is 6.09 Å². The Hall–Kier alpha value is -5.00. The molecular formula is C29H30N8O4. The zero-order valence-electron chi connectivity index (χ0n) is 23.2. The fraction of sp³-hybridized carbons (Fsp3) is 0.310. The molecule has 1 aromatic carbocycles. The molecule has 12 heteroatoms. The molecule has 1 fully saturated rings. The Labute approximate surface area is 235 Å². The SMILES string of the molecule is Cn1cc(-n2ccc(=O)c(COc3ccc4ncc(-c5cnn(C6CN(C(=O)O)C6C(C)(C)C)c5)cc4c3)n2)cn1. The van der Waals surface area contributed by atoms with E-state index in [4.69, 9.17) is 4.74 Å². The number of ether oxygens (including phenoxy) is 1. The molecule has 12 nitrogen and oxygen atoms in total. The number of pyridine rings is 1. The zero-order chi connectivity index (χ0) is 28.9. The summed E-state index contributed by atoms with van der Waals surface area (Å²) in [7, 11) is 1.81. The summed E-state index contributed by atoms with van der Waals surface area (Å²) in [6.07, 6.45) is 9.68. The Morgan fingerprint density at radius 1 is 1.07 bits per heavy atom. The van der Waals surface area contributed by atoms with Crippen molar-refractivity contribution in [2.45, 2.75) is 39.5 Å². The maximum Gasteiger partial charge on any atom is 0.407 e. The molecule has 210 valence electrons. The molecule has 0 bridgehead atoms. The Morgan fingerprint density at radius 3 is 2.63 bits per heavy atom. The smallest absolute Gasteiger partial charge is 0.407 e. The summed E-state index contributed by atoms with van der Waals surface area (Å²) in [5.74, 6) is 0.585. The summed E-state index contributed by atoms with van der Waals surface area (Å²) < 4.78 is 11.1.